The molecule has 2 aromatic rings. The SMILES string of the molecule is CN1C(=O)C(=Cc2cc(Br)c(OCc3ccc([N+](=O)[O-])cc3)c(I)c2)C(=O)N(C)C1=S. The number of rotatable bonds is 5. The van der Waals surface area contributed by atoms with E-state index in [0.717, 1.165) is 9.13 Å². The molecule has 0 aromatic heterocycles. The molecule has 2 amide bonds. The van der Waals surface area contributed by atoms with E-state index in [4.69, 9.17) is 17.0 Å². The molecule has 0 aliphatic carbocycles. The van der Waals surface area contributed by atoms with Gasteiger partial charge in [0.1, 0.15) is 17.9 Å². The van der Waals surface area contributed by atoms with Gasteiger partial charge in [0.25, 0.3) is 17.5 Å². The van der Waals surface area contributed by atoms with Crippen molar-refractivity contribution in [3.63, 3.8) is 0 Å². The molecule has 3 rings (SSSR count). The Morgan fingerprint density at radius 1 is 1.16 bits per heavy atom. The van der Waals surface area contributed by atoms with Gasteiger partial charge in [0.05, 0.1) is 13.0 Å². The van der Waals surface area contributed by atoms with Crippen LogP contribution in [0.3, 0.4) is 0 Å². The van der Waals surface area contributed by atoms with Gasteiger partial charge >= 0.3 is 0 Å². The third-order valence-corrected chi connectivity index (χ3v) is 6.44. The molecule has 2 aromatic carbocycles. The number of likely N-dealkylation sites (N-methyl/N-ethyl adjacent to an activating group) is 2. The summed E-state index contributed by atoms with van der Waals surface area (Å²) in [7, 11) is 3.05. The number of hydrogen-bond acceptors (Lipinski definition) is 6. The number of halogens is 2. The van der Waals surface area contributed by atoms with Crippen LogP contribution >= 0.6 is 50.7 Å². The van der Waals surface area contributed by atoms with Gasteiger partial charge in [0.2, 0.25) is 0 Å². The highest BCUT2D eigenvalue weighted by atomic mass is 127. The second-order valence-electron chi connectivity index (χ2n) is 6.59. The molecule has 31 heavy (non-hydrogen) atoms. The summed E-state index contributed by atoms with van der Waals surface area (Å²) in [5.74, 6) is -0.340. The fraction of sp³-hybridized carbons (Fsp3) is 0.150. The Kier molecular flexibility index (Phi) is 7.06. The zero-order chi connectivity index (χ0) is 22.9. The number of nitro groups is 1. The number of non-ortho nitro benzene ring substituents is 1. The normalized spacial score (nSPS) is 14.2. The van der Waals surface area contributed by atoms with Gasteiger partial charge in [0, 0.05) is 26.2 Å². The van der Waals surface area contributed by atoms with Crippen molar-refractivity contribution < 1.29 is 19.2 Å². The summed E-state index contributed by atoms with van der Waals surface area (Å²) < 4.78 is 7.27. The first-order valence-electron chi connectivity index (χ1n) is 8.77. The molecule has 0 saturated carbocycles. The van der Waals surface area contributed by atoms with Crippen LogP contribution in [0.25, 0.3) is 6.08 Å². The highest BCUT2D eigenvalue weighted by molar-refractivity contribution is 14.1. The van der Waals surface area contributed by atoms with Crippen molar-refractivity contribution in [3.05, 3.63) is 71.3 Å². The molecule has 0 bridgehead atoms. The average molecular weight is 616 g/mol. The van der Waals surface area contributed by atoms with Crippen molar-refractivity contribution in [2.75, 3.05) is 14.1 Å². The van der Waals surface area contributed by atoms with Crippen molar-refractivity contribution in [1.29, 1.82) is 0 Å². The zero-order valence-corrected chi connectivity index (χ0v) is 20.9. The number of nitro benzene ring substituents is 1. The quantitative estimate of drug-likeness (QED) is 0.125. The standard InChI is InChI=1S/C20H15BrIN3O5S/c1-23-18(26)14(19(27)24(2)20(23)31)7-12-8-15(21)17(16(22)9-12)30-10-11-3-5-13(6-4-11)25(28)29/h3-9H,10H2,1-2H3. The molecule has 0 radical (unpaired) electrons. The highest BCUT2D eigenvalue weighted by Crippen LogP contribution is 2.34. The van der Waals surface area contributed by atoms with Gasteiger partial charge in [-0.05, 0) is 92.2 Å². The Morgan fingerprint density at radius 2 is 1.74 bits per heavy atom. The smallest absolute Gasteiger partial charge is 0.269 e. The first kappa shape index (κ1) is 23.3. The van der Waals surface area contributed by atoms with Crippen molar-refractivity contribution >= 4 is 79.4 Å². The van der Waals surface area contributed by atoms with Gasteiger partial charge in [0.15, 0.2) is 5.11 Å². The predicted molar refractivity (Wildman–Crippen MR) is 130 cm³/mol. The molecule has 1 saturated heterocycles. The number of carbonyl (C=O) groups excluding carboxylic acids is 2. The van der Waals surface area contributed by atoms with Crippen LogP contribution in [0.1, 0.15) is 11.1 Å². The topological polar surface area (TPSA) is 93.0 Å². The minimum atomic E-state index is -0.460. The minimum absolute atomic E-state index is 0.0146. The number of nitrogens with zero attached hydrogens (tertiary/aromatic N) is 3. The van der Waals surface area contributed by atoms with E-state index in [0.29, 0.717) is 15.8 Å². The van der Waals surface area contributed by atoms with Gasteiger partial charge in [-0.2, -0.15) is 0 Å². The van der Waals surface area contributed by atoms with Crippen LogP contribution in [0.5, 0.6) is 5.75 Å². The van der Waals surface area contributed by atoms with Crippen LogP contribution < -0.4 is 4.74 Å². The first-order chi connectivity index (χ1) is 14.6. The Bertz CT molecular complexity index is 1090. The summed E-state index contributed by atoms with van der Waals surface area (Å²) in [5.41, 5.74) is 1.45. The number of carbonyl (C=O) groups is 2. The van der Waals surface area contributed by atoms with E-state index in [2.05, 4.69) is 38.5 Å². The summed E-state index contributed by atoms with van der Waals surface area (Å²) in [6, 6.07) is 9.65. The van der Waals surface area contributed by atoms with Crippen LogP contribution in [0, 0.1) is 13.7 Å². The van der Waals surface area contributed by atoms with Crippen molar-refractivity contribution in [2.45, 2.75) is 6.61 Å². The molecular weight excluding hydrogens is 601 g/mol. The molecule has 0 atom stereocenters. The lowest BCUT2D eigenvalue weighted by Crippen LogP contribution is -2.52. The van der Waals surface area contributed by atoms with Crippen molar-refractivity contribution in [1.82, 2.24) is 9.80 Å². The summed E-state index contributed by atoms with van der Waals surface area (Å²) in [5, 5.41) is 10.9. The van der Waals surface area contributed by atoms with Crippen LogP contribution in [0.4, 0.5) is 5.69 Å². The molecule has 160 valence electrons. The van der Waals surface area contributed by atoms with Gasteiger partial charge in [-0.25, -0.2) is 0 Å². The number of hydrogen-bond donors (Lipinski definition) is 0. The fourth-order valence-electron chi connectivity index (χ4n) is 2.81. The van der Waals surface area contributed by atoms with Crippen LogP contribution in [-0.4, -0.2) is 45.7 Å². The van der Waals surface area contributed by atoms with Crippen LogP contribution in [0.2, 0.25) is 0 Å². The lowest BCUT2D eigenvalue weighted by atomic mass is 10.1. The summed E-state index contributed by atoms with van der Waals surface area (Å²) in [6.45, 7) is 0.219. The molecule has 1 aliphatic heterocycles. The zero-order valence-electron chi connectivity index (χ0n) is 16.3. The van der Waals surface area contributed by atoms with E-state index in [1.807, 2.05) is 0 Å². The molecular formula is C20H15BrIN3O5S. The minimum Gasteiger partial charge on any atom is -0.487 e. The van der Waals surface area contributed by atoms with E-state index >= 15 is 0 Å². The van der Waals surface area contributed by atoms with E-state index in [1.165, 1.54) is 42.1 Å². The maximum Gasteiger partial charge on any atom is 0.269 e. The maximum atomic E-state index is 12.5. The molecule has 1 heterocycles. The fourth-order valence-corrected chi connectivity index (χ4v) is 4.75. The summed E-state index contributed by atoms with van der Waals surface area (Å²) in [6.07, 6.45) is 1.52. The molecule has 0 spiro atoms. The maximum absolute atomic E-state index is 12.5. The number of thiocarbonyl (C=S) groups is 1. The Labute approximate surface area is 205 Å². The third-order valence-electron chi connectivity index (χ3n) is 4.51. The number of benzene rings is 2. The van der Waals surface area contributed by atoms with Gasteiger partial charge in [-0.3, -0.25) is 29.5 Å². The number of amides is 2. The Balaban J connectivity index is 1.82. The van der Waals surface area contributed by atoms with Crippen molar-refractivity contribution in [2.24, 2.45) is 0 Å². The second kappa shape index (κ2) is 9.40. The lowest BCUT2D eigenvalue weighted by molar-refractivity contribution is -0.384. The van der Waals surface area contributed by atoms with Gasteiger partial charge in [-0.15, -0.1) is 0 Å². The molecule has 11 heteroatoms. The van der Waals surface area contributed by atoms with Gasteiger partial charge in [-0.1, -0.05) is 0 Å². The van der Waals surface area contributed by atoms with E-state index < -0.39 is 16.7 Å². The molecule has 1 fully saturated rings. The largest absolute Gasteiger partial charge is 0.487 e. The van der Waals surface area contributed by atoms with E-state index in [9.17, 15) is 19.7 Å². The van der Waals surface area contributed by atoms with Crippen LogP contribution in [0.15, 0.2) is 46.4 Å². The van der Waals surface area contributed by atoms with Crippen molar-refractivity contribution in [3.8, 4) is 5.75 Å². The second-order valence-corrected chi connectivity index (χ2v) is 8.98. The number of ether oxygens (including phenoxy) is 1. The summed E-state index contributed by atoms with van der Waals surface area (Å²) >= 11 is 10.7. The van der Waals surface area contributed by atoms with E-state index in [1.54, 1.807) is 24.3 Å². The molecule has 0 unspecified atom stereocenters. The summed E-state index contributed by atoms with van der Waals surface area (Å²) in [4.78, 5) is 37.8. The average Bonchev–Trinajstić information content (AvgIpc) is 2.73. The molecule has 0 N–H and O–H groups in total. The highest BCUT2D eigenvalue weighted by Gasteiger charge is 2.35. The lowest BCUT2D eigenvalue weighted by Gasteiger charge is -2.31. The predicted octanol–water partition coefficient (Wildman–Crippen LogP) is 4.14. The molecule has 1 aliphatic rings. The Morgan fingerprint density at radius 3 is 2.26 bits per heavy atom. The first-order valence-corrected chi connectivity index (χ1v) is 11.0. The van der Waals surface area contributed by atoms with E-state index in [-0.39, 0.29) is 23.0 Å². The monoisotopic (exact) mass is 615 g/mol. The third kappa shape index (κ3) is 4.93. The van der Waals surface area contributed by atoms with Gasteiger partial charge < -0.3 is 4.74 Å². The molecule has 8 nitrogen and oxygen atoms in total. The van der Waals surface area contributed by atoms with Crippen LogP contribution in [-0.2, 0) is 16.2 Å². The Hall–Kier alpha value is -2.38.